The molecule has 2 rings (SSSR count). The molecule has 0 spiro atoms. The predicted molar refractivity (Wildman–Crippen MR) is 147 cm³/mol. The molecule has 0 amide bonds. The Kier molecular flexibility index (Phi) is 9.76. The second kappa shape index (κ2) is 11.3. The third kappa shape index (κ3) is 7.46. The average molecular weight is 509 g/mol. The maximum Gasteiger partial charge on any atom is 0.306 e. The number of carboxylic acids is 1. The minimum absolute atomic E-state index is 0.0318. The molecule has 2 saturated heterocycles. The molecule has 0 atom stereocenters. The van der Waals surface area contributed by atoms with Crippen LogP contribution in [0.1, 0.15) is 132 Å². The molecule has 0 aromatic heterocycles. The van der Waals surface area contributed by atoms with Gasteiger partial charge in [-0.2, -0.15) is 0 Å². The van der Waals surface area contributed by atoms with E-state index < -0.39 is 11.6 Å². The van der Waals surface area contributed by atoms with Crippen molar-refractivity contribution in [3.8, 4) is 0 Å². The van der Waals surface area contributed by atoms with E-state index >= 15 is 0 Å². The summed E-state index contributed by atoms with van der Waals surface area (Å²) in [5, 5.41) is 8.76. The van der Waals surface area contributed by atoms with E-state index in [9.17, 15) is 9.59 Å². The van der Waals surface area contributed by atoms with Crippen LogP contribution in [-0.2, 0) is 14.3 Å². The highest BCUT2D eigenvalue weighted by Gasteiger charge is 2.59. The smallest absolute Gasteiger partial charge is 0.306 e. The molecule has 2 heterocycles. The van der Waals surface area contributed by atoms with Gasteiger partial charge < -0.3 is 9.84 Å². The SMILES string of the molecule is CN1C(C)(C)CC(C2(OC(=O)CCCCCCCCC(=O)O)CC(C)(C)N(C)C(C)(C)C2)CC1(C)C. The van der Waals surface area contributed by atoms with E-state index in [0.717, 1.165) is 64.2 Å². The van der Waals surface area contributed by atoms with Gasteiger partial charge in [-0.05, 0) is 95.2 Å². The van der Waals surface area contributed by atoms with E-state index in [1.54, 1.807) is 0 Å². The Morgan fingerprint density at radius 3 is 1.53 bits per heavy atom. The number of carboxylic acid groups (broad SMARTS) is 1. The lowest BCUT2D eigenvalue weighted by Crippen LogP contribution is -2.69. The second-order valence-corrected chi connectivity index (χ2v) is 14.4. The summed E-state index contributed by atoms with van der Waals surface area (Å²) in [6.45, 7) is 18.5. The number of hydrogen-bond acceptors (Lipinski definition) is 5. The van der Waals surface area contributed by atoms with Crippen molar-refractivity contribution in [1.82, 2.24) is 9.80 Å². The van der Waals surface area contributed by atoms with Gasteiger partial charge in [0.25, 0.3) is 0 Å². The van der Waals surface area contributed by atoms with E-state index in [4.69, 9.17) is 9.84 Å². The van der Waals surface area contributed by atoms with Gasteiger partial charge in [0.1, 0.15) is 5.60 Å². The lowest BCUT2D eigenvalue weighted by molar-refractivity contribution is -0.210. The fraction of sp³-hybridized carbons (Fsp3) is 0.933. The molecular weight excluding hydrogens is 452 g/mol. The zero-order valence-corrected chi connectivity index (χ0v) is 25.1. The molecule has 36 heavy (non-hydrogen) atoms. The average Bonchev–Trinajstić information content (AvgIpc) is 2.71. The topological polar surface area (TPSA) is 70.1 Å². The van der Waals surface area contributed by atoms with E-state index in [0.29, 0.717) is 12.3 Å². The van der Waals surface area contributed by atoms with Crippen molar-refractivity contribution < 1.29 is 19.4 Å². The summed E-state index contributed by atoms with van der Waals surface area (Å²) < 4.78 is 6.68. The zero-order chi connectivity index (χ0) is 27.6. The zero-order valence-electron chi connectivity index (χ0n) is 25.1. The number of carbonyl (C=O) groups is 2. The fourth-order valence-corrected chi connectivity index (χ4v) is 7.30. The highest BCUT2D eigenvalue weighted by atomic mass is 16.6. The Morgan fingerprint density at radius 1 is 0.694 bits per heavy atom. The van der Waals surface area contributed by atoms with Gasteiger partial charge in [-0.15, -0.1) is 0 Å². The van der Waals surface area contributed by atoms with Crippen LogP contribution < -0.4 is 0 Å². The molecule has 2 fully saturated rings. The molecule has 2 aliphatic heterocycles. The van der Waals surface area contributed by atoms with Crippen LogP contribution in [0.3, 0.4) is 0 Å². The summed E-state index contributed by atoms with van der Waals surface area (Å²) in [6, 6.07) is 0. The van der Waals surface area contributed by atoms with Crippen molar-refractivity contribution in [3.63, 3.8) is 0 Å². The number of rotatable bonds is 11. The Balaban J connectivity index is 2.14. The standard InChI is InChI=1S/C30H56N2O4/c1-26(2)19-23(20-27(3,4)31(26)9)30(21-28(5,6)32(10)29(7,8)22-30)36-25(35)18-16-14-12-11-13-15-17-24(33)34/h23H,11-22H2,1-10H3,(H,33,34). The van der Waals surface area contributed by atoms with Crippen LogP contribution in [0.15, 0.2) is 0 Å². The highest BCUT2D eigenvalue weighted by molar-refractivity contribution is 5.70. The molecule has 1 N–H and O–H groups in total. The first-order valence-electron chi connectivity index (χ1n) is 14.3. The van der Waals surface area contributed by atoms with Crippen LogP contribution in [-0.4, -0.2) is 68.7 Å². The number of ether oxygens (including phenoxy) is 1. The van der Waals surface area contributed by atoms with Crippen LogP contribution in [0, 0.1) is 5.92 Å². The number of esters is 1. The lowest BCUT2D eigenvalue weighted by atomic mass is 9.59. The summed E-state index contributed by atoms with van der Waals surface area (Å²) in [5.74, 6) is -0.459. The molecule has 2 aliphatic rings. The number of nitrogens with zero attached hydrogens (tertiary/aromatic N) is 2. The highest BCUT2D eigenvalue weighted by Crippen LogP contribution is 2.54. The second-order valence-electron chi connectivity index (χ2n) is 14.4. The van der Waals surface area contributed by atoms with E-state index in [1.165, 1.54) is 0 Å². The Morgan fingerprint density at radius 2 is 1.08 bits per heavy atom. The summed E-state index contributed by atoms with van der Waals surface area (Å²) in [6.07, 6.45) is 10.1. The van der Waals surface area contributed by atoms with Gasteiger partial charge in [-0.3, -0.25) is 19.4 Å². The van der Waals surface area contributed by atoms with Gasteiger partial charge in [-0.25, -0.2) is 0 Å². The molecule has 6 nitrogen and oxygen atoms in total. The molecule has 0 unspecified atom stereocenters. The number of aliphatic carboxylic acids is 1. The largest absolute Gasteiger partial charge is 0.481 e. The molecular formula is C30H56N2O4. The maximum atomic E-state index is 13.3. The van der Waals surface area contributed by atoms with Crippen molar-refractivity contribution in [2.75, 3.05) is 14.1 Å². The Hall–Kier alpha value is -1.14. The molecule has 0 radical (unpaired) electrons. The van der Waals surface area contributed by atoms with Crippen LogP contribution in [0.2, 0.25) is 0 Å². The summed E-state index contributed by atoms with van der Waals surface area (Å²) in [7, 11) is 4.45. The molecule has 6 heteroatoms. The fourth-order valence-electron chi connectivity index (χ4n) is 7.30. The van der Waals surface area contributed by atoms with Crippen LogP contribution >= 0.6 is 0 Å². The molecule has 210 valence electrons. The third-order valence-corrected chi connectivity index (χ3v) is 9.67. The van der Waals surface area contributed by atoms with Crippen LogP contribution in [0.25, 0.3) is 0 Å². The van der Waals surface area contributed by atoms with Gasteiger partial charge in [0.05, 0.1) is 0 Å². The molecule has 0 bridgehead atoms. The van der Waals surface area contributed by atoms with Gasteiger partial charge in [0.15, 0.2) is 0 Å². The summed E-state index contributed by atoms with van der Waals surface area (Å²) in [4.78, 5) is 29.0. The summed E-state index contributed by atoms with van der Waals surface area (Å²) >= 11 is 0. The van der Waals surface area contributed by atoms with E-state index in [2.05, 4.69) is 79.3 Å². The minimum atomic E-state index is -0.719. The quantitative estimate of drug-likeness (QED) is 0.249. The van der Waals surface area contributed by atoms with E-state index in [1.807, 2.05) is 0 Å². The van der Waals surface area contributed by atoms with Crippen molar-refractivity contribution in [1.29, 1.82) is 0 Å². The van der Waals surface area contributed by atoms with Crippen molar-refractivity contribution >= 4 is 11.9 Å². The van der Waals surface area contributed by atoms with Crippen LogP contribution in [0.4, 0.5) is 0 Å². The minimum Gasteiger partial charge on any atom is -0.481 e. The van der Waals surface area contributed by atoms with Gasteiger partial charge >= 0.3 is 11.9 Å². The van der Waals surface area contributed by atoms with Gasteiger partial charge in [0.2, 0.25) is 0 Å². The number of hydrogen-bond donors (Lipinski definition) is 1. The van der Waals surface area contributed by atoms with Gasteiger partial charge in [-0.1, -0.05) is 25.7 Å². The predicted octanol–water partition coefficient (Wildman–Crippen LogP) is 6.66. The number of likely N-dealkylation sites (tertiary alicyclic amines) is 2. The molecule has 0 aliphatic carbocycles. The number of piperidine rings is 2. The van der Waals surface area contributed by atoms with Crippen LogP contribution in [0.5, 0.6) is 0 Å². The number of carbonyl (C=O) groups excluding carboxylic acids is 1. The Bertz CT molecular complexity index is 735. The first-order valence-corrected chi connectivity index (χ1v) is 14.3. The van der Waals surface area contributed by atoms with Crippen molar-refractivity contribution in [3.05, 3.63) is 0 Å². The first kappa shape index (κ1) is 31.1. The molecule has 0 aromatic carbocycles. The monoisotopic (exact) mass is 508 g/mol. The lowest BCUT2D eigenvalue weighted by Gasteiger charge is -2.63. The molecule has 0 saturated carbocycles. The number of unbranched alkanes of at least 4 members (excludes halogenated alkanes) is 5. The molecule has 0 aromatic rings. The first-order chi connectivity index (χ1) is 16.3. The van der Waals surface area contributed by atoms with Crippen molar-refractivity contribution in [2.45, 2.75) is 160 Å². The van der Waals surface area contributed by atoms with Gasteiger partial charge in [0, 0.05) is 53.8 Å². The maximum absolute atomic E-state index is 13.3. The van der Waals surface area contributed by atoms with Crippen molar-refractivity contribution in [2.24, 2.45) is 5.92 Å². The third-order valence-electron chi connectivity index (χ3n) is 9.67. The normalized spacial score (nSPS) is 25.4. The Labute approximate surface area is 221 Å². The van der Waals surface area contributed by atoms with E-state index in [-0.39, 0.29) is 34.5 Å². The summed E-state index contributed by atoms with van der Waals surface area (Å²) in [5.41, 5.74) is -0.553.